The largest absolute Gasteiger partial charge is 0.342 e. The summed E-state index contributed by atoms with van der Waals surface area (Å²) in [4.78, 5) is 15.9. The summed E-state index contributed by atoms with van der Waals surface area (Å²) in [5, 5.41) is 0. The molecule has 0 radical (unpaired) electrons. The van der Waals surface area contributed by atoms with E-state index in [1.165, 1.54) is 32.1 Å². The molecule has 140 valence electrons. The van der Waals surface area contributed by atoms with E-state index < -0.39 is 0 Å². The second-order valence-electron chi connectivity index (χ2n) is 10.9. The smallest absolute Gasteiger partial charge is 0.228 e. The number of piperidine rings is 1. The van der Waals surface area contributed by atoms with Crippen LogP contribution in [-0.4, -0.2) is 29.9 Å². The van der Waals surface area contributed by atoms with Gasteiger partial charge in [0.15, 0.2) is 0 Å². The zero-order valence-electron chi connectivity index (χ0n) is 16.0. The Hall–Kier alpha value is -1.09. The van der Waals surface area contributed by atoms with Crippen LogP contribution in [0.15, 0.2) is 24.3 Å². The Kier molecular flexibility index (Phi) is 2.85. The first kappa shape index (κ1) is 15.9. The predicted octanol–water partition coefficient (Wildman–Crippen LogP) is 3.66. The molecule has 1 aliphatic heterocycles. The fourth-order valence-corrected chi connectivity index (χ4v) is 9.32. The van der Waals surface area contributed by atoms with Gasteiger partial charge in [0.05, 0.1) is 5.41 Å². The van der Waals surface area contributed by atoms with E-state index in [2.05, 4.69) is 36.1 Å². The maximum atomic E-state index is 13.7. The Morgan fingerprint density at radius 1 is 1.12 bits per heavy atom. The van der Waals surface area contributed by atoms with Crippen molar-refractivity contribution in [3.05, 3.63) is 24.3 Å². The number of fused-ring (bicyclic) bond motifs is 1. The molecule has 2 bridgehead atoms. The van der Waals surface area contributed by atoms with E-state index in [0.717, 1.165) is 38.3 Å². The molecule has 4 unspecified atom stereocenters. The molecule has 6 rings (SSSR count). The molecule has 6 atom stereocenters. The lowest BCUT2D eigenvalue weighted by Gasteiger charge is -2.81. The fourth-order valence-electron chi connectivity index (χ4n) is 9.32. The minimum atomic E-state index is -0.0463. The molecule has 3 heteroatoms. The molecule has 0 aromatic carbocycles. The molecule has 5 fully saturated rings. The van der Waals surface area contributed by atoms with Crippen molar-refractivity contribution in [2.45, 2.75) is 64.3 Å². The van der Waals surface area contributed by atoms with Crippen LogP contribution in [0.3, 0.4) is 0 Å². The highest BCUT2D eigenvalue weighted by molar-refractivity contribution is 5.85. The topological polar surface area (TPSA) is 46.3 Å². The maximum absolute atomic E-state index is 13.7. The first-order valence-electron chi connectivity index (χ1n) is 10.8. The number of likely N-dealkylation sites (tertiary alicyclic amines) is 1. The highest BCUT2D eigenvalue weighted by Crippen LogP contribution is 2.95. The number of rotatable bonds is 2. The number of nitrogens with two attached hydrogens (primary N) is 1. The summed E-state index contributed by atoms with van der Waals surface area (Å²) in [7, 11) is 0. The highest BCUT2D eigenvalue weighted by Gasteiger charge is 2.90. The fraction of sp³-hybridized carbons (Fsp3) is 0.783. The molecule has 0 aromatic rings. The maximum Gasteiger partial charge on any atom is 0.228 e. The van der Waals surface area contributed by atoms with E-state index in [0.29, 0.717) is 34.1 Å². The van der Waals surface area contributed by atoms with Gasteiger partial charge in [0.25, 0.3) is 0 Å². The van der Waals surface area contributed by atoms with Crippen molar-refractivity contribution in [1.29, 1.82) is 0 Å². The molecule has 1 heterocycles. The molecule has 26 heavy (non-hydrogen) atoms. The molecule has 6 aliphatic rings. The van der Waals surface area contributed by atoms with Crippen LogP contribution < -0.4 is 5.73 Å². The van der Waals surface area contributed by atoms with Gasteiger partial charge >= 0.3 is 0 Å². The standard InChI is InChI=1S/C23H32N2O/c1-20-11-17-12-21(19(26)25-9-7-18(24)8-10-25)14-22(13-20,23(17,20)15-21)16-5-3-2-4-6-16/h2-5,16-18H,6-15,24H2,1H3/t16?,17?,20-,21?,22+,23?/m1/s1. The Balaban J connectivity index is 1.35. The van der Waals surface area contributed by atoms with Gasteiger partial charge in [-0.05, 0) is 79.4 Å². The zero-order chi connectivity index (χ0) is 17.8. The average Bonchev–Trinajstić information content (AvgIpc) is 3.11. The molecule has 3 nitrogen and oxygen atoms in total. The molecular weight excluding hydrogens is 320 g/mol. The van der Waals surface area contributed by atoms with Gasteiger partial charge in [-0.1, -0.05) is 31.2 Å². The van der Waals surface area contributed by atoms with Crippen molar-refractivity contribution in [2.75, 3.05) is 13.1 Å². The van der Waals surface area contributed by atoms with E-state index >= 15 is 0 Å². The normalized spacial score (nSPS) is 54.0. The molecule has 1 spiro atoms. The molecule has 4 saturated carbocycles. The number of amides is 1. The van der Waals surface area contributed by atoms with Gasteiger partial charge in [-0.25, -0.2) is 0 Å². The number of allylic oxidation sites excluding steroid dienone is 4. The minimum Gasteiger partial charge on any atom is -0.342 e. The van der Waals surface area contributed by atoms with Gasteiger partial charge < -0.3 is 10.6 Å². The summed E-state index contributed by atoms with van der Waals surface area (Å²) in [6.07, 6.45) is 18.7. The van der Waals surface area contributed by atoms with E-state index in [1.807, 2.05) is 0 Å². The predicted molar refractivity (Wildman–Crippen MR) is 102 cm³/mol. The van der Waals surface area contributed by atoms with Crippen LogP contribution in [0.2, 0.25) is 0 Å². The van der Waals surface area contributed by atoms with Gasteiger partial charge in [0, 0.05) is 19.1 Å². The summed E-state index contributed by atoms with van der Waals surface area (Å²) in [5.74, 6) is 1.97. The summed E-state index contributed by atoms with van der Waals surface area (Å²) in [5.41, 5.74) is 7.45. The van der Waals surface area contributed by atoms with E-state index in [4.69, 9.17) is 5.73 Å². The zero-order valence-corrected chi connectivity index (χ0v) is 16.0. The van der Waals surface area contributed by atoms with Crippen molar-refractivity contribution >= 4 is 5.91 Å². The van der Waals surface area contributed by atoms with E-state index in [-0.39, 0.29) is 5.41 Å². The minimum absolute atomic E-state index is 0.0463. The molecule has 0 aromatic heterocycles. The quantitative estimate of drug-likeness (QED) is 0.824. The van der Waals surface area contributed by atoms with Crippen molar-refractivity contribution < 1.29 is 4.79 Å². The SMILES string of the molecule is C[C@]12CC3CC4(C(=O)N5CCC(N)CC5)CC31[C@](C1C=CC=CC1)(C4)C2. The van der Waals surface area contributed by atoms with Crippen LogP contribution in [0.1, 0.15) is 58.3 Å². The highest BCUT2D eigenvalue weighted by atomic mass is 16.2. The summed E-state index contributed by atoms with van der Waals surface area (Å²) < 4.78 is 0. The number of hydrogen-bond donors (Lipinski definition) is 1. The molecule has 2 N–H and O–H groups in total. The van der Waals surface area contributed by atoms with Crippen LogP contribution in [0, 0.1) is 33.5 Å². The average molecular weight is 353 g/mol. The lowest BCUT2D eigenvalue weighted by Crippen LogP contribution is -2.74. The summed E-state index contributed by atoms with van der Waals surface area (Å²) in [6.45, 7) is 4.31. The number of carbonyl (C=O) groups is 1. The number of carbonyl (C=O) groups excluding carboxylic acids is 1. The molecule has 5 aliphatic carbocycles. The summed E-state index contributed by atoms with van der Waals surface area (Å²) >= 11 is 0. The Morgan fingerprint density at radius 2 is 1.92 bits per heavy atom. The first-order valence-corrected chi connectivity index (χ1v) is 10.8. The van der Waals surface area contributed by atoms with Gasteiger partial charge in [-0.3, -0.25) is 4.79 Å². The Labute approximate surface area is 157 Å². The third-order valence-corrected chi connectivity index (χ3v) is 9.94. The number of hydrogen-bond acceptors (Lipinski definition) is 2. The summed E-state index contributed by atoms with van der Waals surface area (Å²) in [6, 6.07) is 0.295. The van der Waals surface area contributed by atoms with Crippen LogP contribution in [0.25, 0.3) is 0 Å². The monoisotopic (exact) mass is 352 g/mol. The van der Waals surface area contributed by atoms with Crippen molar-refractivity contribution in [1.82, 2.24) is 4.90 Å². The number of nitrogens with zero attached hydrogens (tertiary/aromatic N) is 1. The van der Waals surface area contributed by atoms with Crippen LogP contribution in [0.5, 0.6) is 0 Å². The third-order valence-electron chi connectivity index (χ3n) is 9.94. The second kappa shape index (κ2) is 4.66. The molecule has 1 amide bonds. The van der Waals surface area contributed by atoms with Crippen molar-refractivity contribution in [3.8, 4) is 0 Å². The lowest BCUT2D eigenvalue weighted by molar-refractivity contribution is -0.322. The Morgan fingerprint density at radius 3 is 2.62 bits per heavy atom. The lowest BCUT2D eigenvalue weighted by atomic mass is 9.23. The van der Waals surface area contributed by atoms with Gasteiger partial charge in [0.2, 0.25) is 5.91 Å². The van der Waals surface area contributed by atoms with Gasteiger partial charge in [-0.2, -0.15) is 0 Å². The van der Waals surface area contributed by atoms with Gasteiger partial charge in [0.1, 0.15) is 0 Å². The van der Waals surface area contributed by atoms with Crippen LogP contribution in [-0.2, 0) is 4.79 Å². The molecular formula is C23H32N2O. The van der Waals surface area contributed by atoms with Gasteiger partial charge in [-0.15, -0.1) is 0 Å². The Bertz CT molecular complexity index is 734. The van der Waals surface area contributed by atoms with Crippen molar-refractivity contribution in [2.24, 2.45) is 39.2 Å². The molecule has 1 saturated heterocycles. The first-order chi connectivity index (χ1) is 12.4. The van der Waals surface area contributed by atoms with Crippen LogP contribution >= 0.6 is 0 Å². The van der Waals surface area contributed by atoms with E-state index in [1.54, 1.807) is 0 Å². The second-order valence-corrected chi connectivity index (χ2v) is 10.9. The van der Waals surface area contributed by atoms with Crippen LogP contribution in [0.4, 0.5) is 0 Å². The third kappa shape index (κ3) is 1.53. The van der Waals surface area contributed by atoms with Crippen molar-refractivity contribution in [3.63, 3.8) is 0 Å². The van der Waals surface area contributed by atoms with E-state index in [9.17, 15) is 4.79 Å².